The molecule has 5 heteroatoms. The van der Waals surface area contributed by atoms with Gasteiger partial charge in [0, 0.05) is 18.2 Å². The van der Waals surface area contributed by atoms with Crippen LogP contribution in [0.4, 0.5) is 0 Å². The van der Waals surface area contributed by atoms with Crippen molar-refractivity contribution >= 4 is 0 Å². The Labute approximate surface area is 124 Å². The first-order chi connectivity index (χ1) is 10.4. The van der Waals surface area contributed by atoms with Crippen molar-refractivity contribution in [2.24, 2.45) is 0 Å². The molecule has 2 atom stereocenters. The Morgan fingerprint density at radius 1 is 1.29 bits per heavy atom. The molecule has 3 rings (SSSR count). The lowest BCUT2D eigenvalue weighted by atomic mass is 9.95. The molecule has 0 radical (unpaired) electrons. The van der Waals surface area contributed by atoms with Crippen LogP contribution in [0.5, 0.6) is 0 Å². The second kappa shape index (κ2) is 6.83. The van der Waals surface area contributed by atoms with E-state index in [-0.39, 0.29) is 5.92 Å². The van der Waals surface area contributed by atoms with Gasteiger partial charge in [0.05, 0.1) is 12.5 Å². The SMILES string of the molecule is CCCNC1CCOCC1c1nc(-c2ccccc2)no1. The van der Waals surface area contributed by atoms with Gasteiger partial charge < -0.3 is 14.6 Å². The van der Waals surface area contributed by atoms with Crippen molar-refractivity contribution < 1.29 is 9.26 Å². The van der Waals surface area contributed by atoms with E-state index in [4.69, 9.17) is 9.26 Å². The molecular weight excluding hydrogens is 266 g/mol. The highest BCUT2D eigenvalue weighted by atomic mass is 16.5. The number of rotatable bonds is 5. The topological polar surface area (TPSA) is 60.2 Å². The Bertz CT molecular complexity index is 556. The molecule has 1 N–H and O–H groups in total. The fraction of sp³-hybridized carbons (Fsp3) is 0.500. The zero-order chi connectivity index (χ0) is 14.5. The van der Waals surface area contributed by atoms with Gasteiger partial charge in [0.15, 0.2) is 0 Å². The molecule has 0 amide bonds. The Morgan fingerprint density at radius 2 is 2.14 bits per heavy atom. The van der Waals surface area contributed by atoms with E-state index in [1.165, 1.54) is 0 Å². The molecule has 0 spiro atoms. The van der Waals surface area contributed by atoms with Gasteiger partial charge in [-0.05, 0) is 19.4 Å². The highest BCUT2D eigenvalue weighted by molar-refractivity contribution is 5.53. The number of ether oxygens (including phenoxy) is 1. The minimum Gasteiger partial charge on any atom is -0.381 e. The number of benzene rings is 1. The lowest BCUT2D eigenvalue weighted by molar-refractivity contribution is 0.0498. The zero-order valence-electron chi connectivity index (χ0n) is 12.3. The number of nitrogens with one attached hydrogen (secondary N) is 1. The van der Waals surface area contributed by atoms with E-state index in [0.29, 0.717) is 24.4 Å². The van der Waals surface area contributed by atoms with Crippen molar-refractivity contribution in [3.05, 3.63) is 36.2 Å². The van der Waals surface area contributed by atoms with Crippen LogP contribution in [0, 0.1) is 0 Å². The van der Waals surface area contributed by atoms with Gasteiger partial charge in [-0.1, -0.05) is 42.4 Å². The van der Waals surface area contributed by atoms with E-state index in [1.54, 1.807) is 0 Å². The van der Waals surface area contributed by atoms with Gasteiger partial charge in [0.25, 0.3) is 0 Å². The third-order valence-corrected chi connectivity index (χ3v) is 3.80. The fourth-order valence-corrected chi connectivity index (χ4v) is 2.65. The lowest BCUT2D eigenvalue weighted by Gasteiger charge is -2.29. The maximum Gasteiger partial charge on any atom is 0.233 e. The summed E-state index contributed by atoms with van der Waals surface area (Å²) in [6.07, 6.45) is 2.09. The molecule has 0 saturated carbocycles. The summed E-state index contributed by atoms with van der Waals surface area (Å²) in [6, 6.07) is 10.2. The van der Waals surface area contributed by atoms with Crippen molar-refractivity contribution in [3.63, 3.8) is 0 Å². The summed E-state index contributed by atoms with van der Waals surface area (Å²) in [7, 11) is 0. The lowest BCUT2D eigenvalue weighted by Crippen LogP contribution is -2.41. The summed E-state index contributed by atoms with van der Waals surface area (Å²) in [4.78, 5) is 4.56. The van der Waals surface area contributed by atoms with E-state index < -0.39 is 0 Å². The van der Waals surface area contributed by atoms with Crippen molar-refractivity contribution in [3.8, 4) is 11.4 Å². The van der Waals surface area contributed by atoms with Crippen LogP contribution in [-0.4, -0.2) is 35.9 Å². The molecular formula is C16H21N3O2. The minimum absolute atomic E-state index is 0.135. The molecule has 21 heavy (non-hydrogen) atoms. The molecule has 2 aromatic rings. The predicted molar refractivity (Wildman–Crippen MR) is 80.0 cm³/mol. The second-order valence-electron chi connectivity index (χ2n) is 5.35. The van der Waals surface area contributed by atoms with E-state index in [0.717, 1.165) is 31.6 Å². The van der Waals surface area contributed by atoms with Crippen LogP contribution in [0.25, 0.3) is 11.4 Å². The van der Waals surface area contributed by atoms with Crippen LogP contribution in [0.3, 0.4) is 0 Å². The van der Waals surface area contributed by atoms with Crippen LogP contribution in [-0.2, 0) is 4.74 Å². The summed E-state index contributed by atoms with van der Waals surface area (Å²) in [6.45, 7) is 4.59. The molecule has 1 aromatic carbocycles. The predicted octanol–water partition coefficient (Wildman–Crippen LogP) is 2.61. The van der Waals surface area contributed by atoms with Crippen molar-refractivity contribution in [1.82, 2.24) is 15.5 Å². The average molecular weight is 287 g/mol. The Balaban J connectivity index is 1.77. The van der Waals surface area contributed by atoms with E-state index >= 15 is 0 Å². The largest absolute Gasteiger partial charge is 0.381 e. The van der Waals surface area contributed by atoms with E-state index in [1.807, 2.05) is 30.3 Å². The Hall–Kier alpha value is -1.72. The van der Waals surface area contributed by atoms with Crippen LogP contribution in [0.15, 0.2) is 34.9 Å². The summed E-state index contributed by atoms with van der Waals surface area (Å²) in [5.74, 6) is 1.45. The van der Waals surface area contributed by atoms with Crippen molar-refractivity contribution in [2.75, 3.05) is 19.8 Å². The molecule has 2 unspecified atom stereocenters. The fourth-order valence-electron chi connectivity index (χ4n) is 2.65. The molecule has 5 nitrogen and oxygen atoms in total. The summed E-state index contributed by atoms with van der Waals surface area (Å²) < 4.78 is 11.1. The number of nitrogens with zero attached hydrogens (tertiary/aromatic N) is 2. The Kier molecular flexibility index (Phi) is 4.62. The van der Waals surface area contributed by atoms with Gasteiger partial charge in [-0.2, -0.15) is 4.98 Å². The first kappa shape index (κ1) is 14.2. The monoisotopic (exact) mass is 287 g/mol. The molecule has 1 fully saturated rings. The second-order valence-corrected chi connectivity index (χ2v) is 5.35. The minimum atomic E-state index is 0.135. The first-order valence-electron chi connectivity index (χ1n) is 7.58. The van der Waals surface area contributed by atoms with E-state index in [9.17, 15) is 0 Å². The van der Waals surface area contributed by atoms with Crippen LogP contribution in [0.1, 0.15) is 31.6 Å². The number of hydrogen-bond donors (Lipinski definition) is 1. The van der Waals surface area contributed by atoms with Gasteiger partial charge >= 0.3 is 0 Å². The summed E-state index contributed by atoms with van der Waals surface area (Å²) in [5.41, 5.74) is 0.974. The third kappa shape index (κ3) is 3.31. The quantitative estimate of drug-likeness (QED) is 0.916. The molecule has 112 valence electrons. The van der Waals surface area contributed by atoms with Gasteiger partial charge in [-0.3, -0.25) is 0 Å². The number of hydrogen-bond acceptors (Lipinski definition) is 5. The molecule has 2 heterocycles. The van der Waals surface area contributed by atoms with Gasteiger partial charge in [-0.25, -0.2) is 0 Å². The first-order valence-corrected chi connectivity index (χ1v) is 7.58. The maximum absolute atomic E-state index is 5.59. The molecule has 1 aliphatic heterocycles. The standard InChI is InChI=1S/C16H21N3O2/c1-2-9-17-14-8-10-20-11-13(14)16-18-15(19-21-16)12-6-4-3-5-7-12/h3-7,13-14,17H,2,8-11H2,1H3. The van der Waals surface area contributed by atoms with Crippen LogP contribution < -0.4 is 5.32 Å². The Morgan fingerprint density at radius 3 is 2.95 bits per heavy atom. The van der Waals surface area contributed by atoms with Crippen molar-refractivity contribution in [1.29, 1.82) is 0 Å². The highest BCUT2D eigenvalue weighted by Crippen LogP contribution is 2.26. The molecule has 1 saturated heterocycles. The number of aromatic nitrogens is 2. The third-order valence-electron chi connectivity index (χ3n) is 3.80. The van der Waals surface area contributed by atoms with Crippen molar-refractivity contribution in [2.45, 2.75) is 31.7 Å². The van der Waals surface area contributed by atoms with E-state index in [2.05, 4.69) is 22.4 Å². The summed E-state index contributed by atoms with van der Waals surface area (Å²) in [5, 5.41) is 7.67. The normalized spacial score (nSPS) is 22.3. The molecule has 1 aliphatic rings. The molecule has 0 aliphatic carbocycles. The zero-order valence-corrected chi connectivity index (χ0v) is 12.3. The average Bonchev–Trinajstić information content (AvgIpc) is 3.04. The summed E-state index contributed by atoms with van der Waals surface area (Å²) >= 11 is 0. The van der Waals surface area contributed by atoms with Gasteiger partial charge in [-0.15, -0.1) is 0 Å². The molecule has 0 bridgehead atoms. The maximum atomic E-state index is 5.59. The van der Waals surface area contributed by atoms with Gasteiger partial charge in [0.1, 0.15) is 0 Å². The van der Waals surface area contributed by atoms with Crippen LogP contribution >= 0.6 is 0 Å². The van der Waals surface area contributed by atoms with Crippen LogP contribution in [0.2, 0.25) is 0 Å². The highest BCUT2D eigenvalue weighted by Gasteiger charge is 2.31. The smallest absolute Gasteiger partial charge is 0.233 e. The molecule has 1 aromatic heterocycles. The van der Waals surface area contributed by atoms with Gasteiger partial charge in [0.2, 0.25) is 11.7 Å².